The summed E-state index contributed by atoms with van der Waals surface area (Å²) >= 11 is 5.02. The van der Waals surface area contributed by atoms with Crippen molar-refractivity contribution in [2.75, 3.05) is 5.32 Å². The van der Waals surface area contributed by atoms with E-state index in [1.165, 1.54) is 0 Å². The van der Waals surface area contributed by atoms with Gasteiger partial charge >= 0.3 is 0 Å². The fraction of sp³-hybridized carbons (Fsp3) is 0.200. The molecule has 104 valence electrons. The molecule has 2 rings (SSSR count). The van der Waals surface area contributed by atoms with Crippen molar-refractivity contribution in [3.05, 3.63) is 48.3 Å². The monoisotopic (exact) mass is 287 g/mol. The average Bonchev–Trinajstić information content (AvgIpc) is 2.41. The van der Waals surface area contributed by atoms with Gasteiger partial charge in [-0.2, -0.15) is 0 Å². The summed E-state index contributed by atoms with van der Waals surface area (Å²) < 4.78 is 5.60. The van der Waals surface area contributed by atoms with Crippen LogP contribution in [0.5, 0.6) is 5.75 Å². The number of pyridine rings is 1. The van der Waals surface area contributed by atoms with Crippen molar-refractivity contribution in [2.45, 2.75) is 20.0 Å². The molecule has 0 atom stereocenters. The van der Waals surface area contributed by atoms with E-state index in [0.29, 0.717) is 4.99 Å². The molecule has 0 spiro atoms. The molecule has 1 heterocycles. The molecule has 20 heavy (non-hydrogen) atoms. The van der Waals surface area contributed by atoms with Crippen molar-refractivity contribution >= 4 is 28.6 Å². The number of anilines is 2. The Morgan fingerprint density at radius 1 is 1.25 bits per heavy atom. The molecule has 0 amide bonds. The first kappa shape index (κ1) is 14.3. The van der Waals surface area contributed by atoms with Gasteiger partial charge in [-0.25, -0.2) is 0 Å². The molecule has 0 aliphatic heterocycles. The molecule has 3 N–H and O–H groups in total. The zero-order valence-electron chi connectivity index (χ0n) is 11.5. The van der Waals surface area contributed by atoms with Crippen LogP contribution in [0.3, 0.4) is 0 Å². The molecule has 5 heteroatoms. The normalized spacial score (nSPS) is 10.3. The fourth-order valence-electron chi connectivity index (χ4n) is 1.75. The minimum Gasteiger partial charge on any atom is -0.491 e. The number of hydrogen-bond acceptors (Lipinski definition) is 4. The largest absolute Gasteiger partial charge is 0.491 e. The van der Waals surface area contributed by atoms with Gasteiger partial charge in [-0.05, 0) is 44.2 Å². The molecular weight excluding hydrogens is 270 g/mol. The number of nitrogens with two attached hydrogens (primary N) is 1. The summed E-state index contributed by atoms with van der Waals surface area (Å²) in [6.07, 6.45) is 3.53. The molecule has 0 aliphatic rings. The quantitative estimate of drug-likeness (QED) is 0.827. The smallest absolute Gasteiger partial charge is 0.119 e. The summed E-state index contributed by atoms with van der Waals surface area (Å²) in [5, 5.41) is 3.25. The van der Waals surface area contributed by atoms with Crippen LogP contribution in [0.25, 0.3) is 0 Å². The van der Waals surface area contributed by atoms with E-state index in [2.05, 4.69) is 10.3 Å². The van der Waals surface area contributed by atoms with Gasteiger partial charge in [0.15, 0.2) is 0 Å². The van der Waals surface area contributed by atoms with Gasteiger partial charge in [-0.15, -0.1) is 0 Å². The van der Waals surface area contributed by atoms with Gasteiger partial charge in [0, 0.05) is 17.4 Å². The second-order valence-electron chi connectivity index (χ2n) is 4.60. The van der Waals surface area contributed by atoms with Gasteiger partial charge in [0.05, 0.1) is 18.0 Å². The molecule has 0 aliphatic carbocycles. The molecule has 2 aromatic rings. The predicted octanol–water partition coefficient (Wildman–Crippen LogP) is 3.25. The first-order chi connectivity index (χ1) is 9.56. The molecule has 0 fully saturated rings. The summed E-state index contributed by atoms with van der Waals surface area (Å²) in [7, 11) is 0. The molecule has 1 aromatic heterocycles. The van der Waals surface area contributed by atoms with E-state index in [-0.39, 0.29) is 6.10 Å². The number of hydrogen-bond donors (Lipinski definition) is 2. The maximum atomic E-state index is 5.69. The number of benzene rings is 1. The van der Waals surface area contributed by atoms with E-state index in [1.807, 2.05) is 38.1 Å². The molecule has 0 radical (unpaired) electrons. The first-order valence-electron chi connectivity index (χ1n) is 6.34. The zero-order valence-corrected chi connectivity index (χ0v) is 12.3. The lowest BCUT2D eigenvalue weighted by molar-refractivity contribution is 0.242. The van der Waals surface area contributed by atoms with Crippen LogP contribution in [0.4, 0.5) is 11.4 Å². The maximum absolute atomic E-state index is 5.69. The van der Waals surface area contributed by atoms with Crippen LogP contribution in [-0.4, -0.2) is 16.1 Å². The van der Waals surface area contributed by atoms with Crippen molar-refractivity contribution in [2.24, 2.45) is 5.73 Å². The van der Waals surface area contributed by atoms with E-state index in [4.69, 9.17) is 22.7 Å². The summed E-state index contributed by atoms with van der Waals surface area (Å²) in [6.45, 7) is 3.99. The Bertz CT molecular complexity index is 596. The molecule has 0 unspecified atom stereocenters. The Morgan fingerprint density at radius 3 is 2.55 bits per heavy atom. The topological polar surface area (TPSA) is 60.2 Å². The summed E-state index contributed by atoms with van der Waals surface area (Å²) in [6, 6.07) is 9.50. The Hall–Kier alpha value is -2.14. The van der Waals surface area contributed by atoms with Crippen LogP contribution in [0.2, 0.25) is 0 Å². The number of aromatic nitrogens is 1. The summed E-state index contributed by atoms with van der Waals surface area (Å²) in [5.41, 5.74) is 8.18. The van der Waals surface area contributed by atoms with E-state index in [1.54, 1.807) is 18.5 Å². The van der Waals surface area contributed by atoms with Crippen LogP contribution in [0, 0.1) is 0 Å². The molecule has 0 saturated heterocycles. The van der Waals surface area contributed by atoms with Crippen LogP contribution < -0.4 is 15.8 Å². The lowest BCUT2D eigenvalue weighted by Crippen LogP contribution is -2.12. The zero-order chi connectivity index (χ0) is 14.5. The lowest BCUT2D eigenvalue weighted by atomic mass is 10.2. The highest BCUT2D eigenvalue weighted by molar-refractivity contribution is 7.80. The Kier molecular flexibility index (Phi) is 4.53. The average molecular weight is 287 g/mol. The molecule has 0 bridgehead atoms. The van der Waals surface area contributed by atoms with Gasteiger partial charge in [0.25, 0.3) is 0 Å². The Morgan fingerprint density at radius 2 is 1.95 bits per heavy atom. The lowest BCUT2D eigenvalue weighted by Gasteiger charge is -2.12. The van der Waals surface area contributed by atoms with Gasteiger partial charge in [0.1, 0.15) is 10.7 Å². The third-order valence-corrected chi connectivity index (χ3v) is 2.81. The molecule has 1 aromatic carbocycles. The molecular formula is C15H17N3OS. The Balaban J connectivity index is 2.16. The van der Waals surface area contributed by atoms with Crippen molar-refractivity contribution in [1.82, 2.24) is 4.98 Å². The number of rotatable bonds is 5. The van der Waals surface area contributed by atoms with Gasteiger partial charge in [-0.1, -0.05) is 12.2 Å². The number of ether oxygens (including phenoxy) is 1. The van der Waals surface area contributed by atoms with E-state index in [9.17, 15) is 0 Å². The van der Waals surface area contributed by atoms with Crippen LogP contribution in [0.1, 0.15) is 19.4 Å². The highest BCUT2D eigenvalue weighted by atomic mass is 32.1. The minimum absolute atomic E-state index is 0.161. The fourth-order valence-corrected chi connectivity index (χ4v) is 1.93. The van der Waals surface area contributed by atoms with Crippen LogP contribution in [0.15, 0.2) is 42.7 Å². The van der Waals surface area contributed by atoms with E-state index >= 15 is 0 Å². The third-order valence-electron chi connectivity index (χ3n) is 2.59. The summed E-state index contributed by atoms with van der Waals surface area (Å²) in [5.74, 6) is 0.839. The summed E-state index contributed by atoms with van der Waals surface area (Å²) in [4.78, 5) is 4.42. The highest BCUT2D eigenvalue weighted by Gasteiger charge is 2.05. The first-order valence-corrected chi connectivity index (χ1v) is 6.74. The number of nitrogens with one attached hydrogen (secondary N) is 1. The van der Waals surface area contributed by atoms with Crippen LogP contribution in [-0.2, 0) is 0 Å². The van der Waals surface area contributed by atoms with E-state index < -0.39 is 0 Å². The van der Waals surface area contributed by atoms with Crippen LogP contribution >= 0.6 is 12.2 Å². The second kappa shape index (κ2) is 6.34. The standard InChI is InChI=1S/C15H17N3OS/c1-10(2)19-12-5-3-11(4-6-12)18-14-9-17-8-7-13(14)15(16)20/h3-10,18H,1-2H3,(H2,16,20). The third kappa shape index (κ3) is 3.68. The van der Waals surface area contributed by atoms with Crippen molar-refractivity contribution in [3.63, 3.8) is 0 Å². The van der Waals surface area contributed by atoms with Crippen molar-refractivity contribution < 1.29 is 4.74 Å². The van der Waals surface area contributed by atoms with Crippen molar-refractivity contribution in [1.29, 1.82) is 0 Å². The van der Waals surface area contributed by atoms with Gasteiger partial charge < -0.3 is 15.8 Å². The second-order valence-corrected chi connectivity index (χ2v) is 5.04. The van der Waals surface area contributed by atoms with Crippen molar-refractivity contribution in [3.8, 4) is 5.75 Å². The van der Waals surface area contributed by atoms with Gasteiger partial charge in [0.2, 0.25) is 0 Å². The molecule has 4 nitrogen and oxygen atoms in total. The van der Waals surface area contributed by atoms with E-state index in [0.717, 1.165) is 22.7 Å². The maximum Gasteiger partial charge on any atom is 0.119 e. The SMILES string of the molecule is CC(C)Oc1ccc(Nc2cnccc2C(N)=S)cc1. The van der Waals surface area contributed by atoms with Gasteiger partial charge in [-0.3, -0.25) is 4.98 Å². The minimum atomic E-state index is 0.161. The highest BCUT2D eigenvalue weighted by Crippen LogP contribution is 2.22. The Labute approximate surface area is 124 Å². The predicted molar refractivity (Wildman–Crippen MR) is 85.6 cm³/mol. The number of thiocarbonyl (C=S) groups is 1. The molecule has 0 saturated carbocycles. The number of nitrogens with zero attached hydrogens (tertiary/aromatic N) is 1.